The number of hydrogen-bond acceptors (Lipinski definition) is 6. The van der Waals surface area contributed by atoms with E-state index < -0.39 is 10.0 Å². The summed E-state index contributed by atoms with van der Waals surface area (Å²) in [7, 11) is -2.04. The van der Waals surface area contributed by atoms with Crippen LogP contribution in [0, 0.1) is 0 Å². The predicted molar refractivity (Wildman–Crippen MR) is 88.3 cm³/mol. The fraction of sp³-hybridized carbons (Fsp3) is 0.286. The summed E-state index contributed by atoms with van der Waals surface area (Å²) in [5.41, 5.74) is 0.997. The average Bonchev–Trinajstić information content (AvgIpc) is 2.96. The van der Waals surface area contributed by atoms with E-state index in [9.17, 15) is 13.2 Å². The number of rotatable bonds is 7. The Bertz CT molecular complexity index is 770. The van der Waals surface area contributed by atoms with Crippen molar-refractivity contribution in [2.24, 2.45) is 0 Å². The molecule has 7 nitrogen and oxygen atoms in total. The van der Waals surface area contributed by atoms with E-state index in [1.54, 1.807) is 7.11 Å². The number of anilines is 1. The minimum Gasteiger partial charge on any atom is -0.497 e. The zero-order chi connectivity index (χ0) is 16.9. The van der Waals surface area contributed by atoms with Gasteiger partial charge in [-0.2, -0.15) is 0 Å². The monoisotopic (exact) mass is 355 g/mol. The molecule has 2 aromatic rings. The van der Waals surface area contributed by atoms with Gasteiger partial charge in [-0.15, -0.1) is 0 Å². The number of nitrogens with one attached hydrogen (secondary N) is 2. The normalized spacial score (nSPS) is 11.2. The number of carbonyl (C=O) groups is 1. The highest BCUT2D eigenvalue weighted by Crippen LogP contribution is 2.22. The second kappa shape index (κ2) is 7.53. The lowest BCUT2D eigenvalue weighted by Gasteiger charge is -2.05. The van der Waals surface area contributed by atoms with Crippen LogP contribution in [0.25, 0.3) is 0 Å². The smallest absolute Gasteiger partial charge is 0.251 e. The van der Waals surface area contributed by atoms with Crippen molar-refractivity contribution in [1.82, 2.24) is 9.71 Å². The number of ether oxygens (including phenoxy) is 1. The van der Waals surface area contributed by atoms with E-state index in [0.29, 0.717) is 6.42 Å². The van der Waals surface area contributed by atoms with Crippen LogP contribution in [-0.4, -0.2) is 33.0 Å². The molecule has 0 saturated heterocycles. The molecule has 1 amide bonds. The number of sulfonamides is 1. The molecule has 0 atom stereocenters. The average molecular weight is 355 g/mol. The Balaban J connectivity index is 1.92. The molecule has 0 radical (unpaired) electrons. The summed E-state index contributed by atoms with van der Waals surface area (Å²) in [4.78, 5) is 14.8. The van der Waals surface area contributed by atoms with Crippen molar-refractivity contribution < 1.29 is 17.9 Å². The van der Waals surface area contributed by atoms with Crippen LogP contribution in [-0.2, 0) is 21.2 Å². The standard InChI is InChI=1S/C14H17N3O4S2/c1-10(18)17-14-15-9-13(22-14)23(19,20)16-8-7-11-3-5-12(21-2)6-4-11/h3-6,9,16H,7-8H2,1-2H3,(H,15,17,18). The molecule has 0 aliphatic carbocycles. The van der Waals surface area contributed by atoms with Crippen LogP contribution in [0.2, 0.25) is 0 Å². The number of amides is 1. The lowest BCUT2D eigenvalue weighted by molar-refractivity contribution is -0.114. The van der Waals surface area contributed by atoms with Gasteiger partial charge in [-0.3, -0.25) is 4.79 Å². The maximum atomic E-state index is 12.1. The predicted octanol–water partition coefficient (Wildman–Crippen LogP) is 1.63. The van der Waals surface area contributed by atoms with Gasteiger partial charge in [0.15, 0.2) is 9.34 Å². The van der Waals surface area contributed by atoms with Crippen molar-refractivity contribution >= 4 is 32.4 Å². The van der Waals surface area contributed by atoms with Crippen molar-refractivity contribution in [1.29, 1.82) is 0 Å². The van der Waals surface area contributed by atoms with E-state index in [4.69, 9.17) is 4.74 Å². The van der Waals surface area contributed by atoms with E-state index in [-0.39, 0.29) is 21.8 Å². The van der Waals surface area contributed by atoms with E-state index in [1.165, 1.54) is 13.1 Å². The zero-order valence-corrected chi connectivity index (χ0v) is 14.3. The molecule has 1 aromatic heterocycles. The van der Waals surface area contributed by atoms with Gasteiger partial charge < -0.3 is 10.1 Å². The Hall–Kier alpha value is -1.97. The summed E-state index contributed by atoms with van der Waals surface area (Å²) in [6, 6.07) is 7.42. The molecule has 2 N–H and O–H groups in total. The van der Waals surface area contributed by atoms with Crippen LogP contribution in [0.1, 0.15) is 12.5 Å². The Kier molecular flexibility index (Phi) is 5.69. The molecule has 124 valence electrons. The second-order valence-corrected chi connectivity index (χ2v) is 7.69. The third-order valence-corrected chi connectivity index (χ3v) is 5.73. The highest BCUT2D eigenvalue weighted by atomic mass is 32.2. The Morgan fingerprint density at radius 2 is 2.00 bits per heavy atom. The molecule has 0 saturated carbocycles. The van der Waals surface area contributed by atoms with Gasteiger partial charge in [-0.1, -0.05) is 23.5 Å². The van der Waals surface area contributed by atoms with E-state index in [0.717, 1.165) is 22.6 Å². The first-order valence-electron chi connectivity index (χ1n) is 6.77. The maximum absolute atomic E-state index is 12.1. The molecule has 0 bridgehead atoms. The zero-order valence-electron chi connectivity index (χ0n) is 12.7. The van der Waals surface area contributed by atoms with E-state index in [1.807, 2.05) is 24.3 Å². The van der Waals surface area contributed by atoms with Crippen LogP contribution in [0.4, 0.5) is 5.13 Å². The Labute approximate surface area is 138 Å². The highest BCUT2D eigenvalue weighted by molar-refractivity contribution is 7.91. The fourth-order valence-corrected chi connectivity index (χ4v) is 3.94. The number of aromatic nitrogens is 1. The van der Waals surface area contributed by atoms with Gasteiger partial charge in [0.05, 0.1) is 13.3 Å². The van der Waals surface area contributed by atoms with Gasteiger partial charge in [-0.05, 0) is 24.1 Å². The molecule has 1 aromatic carbocycles. The van der Waals surface area contributed by atoms with Crippen molar-refractivity contribution in [3.8, 4) is 5.75 Å². The third kappa shape index (κ3) is 5.02. The number of nitrogens with zero attached hydrogens (tertiary/aromatic N) is 1. The van der Waals surface area contributed by atoms with Crippen LogP contribution in [0.5, 0.6) is 5.75 Å². The Morgan fingerprint density at radius 1 is 1.30 bits per heavy atom. The molecule has 0 unspecified atom stereocenters. The summed E-state index contributed by atoms with van der Waals surface area (Å²) in [5.74, 6) is 0.459. The van der Waals surface area contributed by atoms with Gasteiger partial charge >= 0.3 is 0 Å². The molecule has 0 aliphatic heterocycles. The van der Waals surface area contributed by atoms with Crippen LogP contribution < -0.4 is 14.8 Å². The molecule has 9 heteroatoms. The van der Waals surface area contributed by atoms with Crippen LogP contribution >= 0.6 is 11.3 Å². The highest BCUT2D eigenvalue weighted by Gasteiger charge is 2.17. The summed E-state index contributed by atoms with van der Waals surface area (Å²) < 4.78 is 31.9. The van der Waals surface area contributed by atoms with Crippen LogP contribution in [0.3, 0.4) is 0 Å². The largest absolute Gasteiger partial charge is 0.497 e. The van der Waals surface area contributed by atoms with Gasteiger partial charge in [0, 0.05) is 13.5 Å². The number of hydrogen-bond donors (Lipinski definition) is 2. The van der Waals surface area contributed by atoms with Crippen LogP contribution in [0.15, 0.2) is 34.7 Å². The molecule has 2 rings (SSSR count). The summed E-state index contributed by atoms with van der Waals surface area (Å²) in [5, 5.41) is 2.71. The SMILES string of the molecule is COc1ccc(CCNS(=O)(=O)c2cnc(NC(C)=O)s2)cc1. The summed E-state index contributed by atoms with van der Waals surface area (Å²) >= 11 is 0.909. The number of thiazole rings is 1. The number of carbonyl (C=O) groups excluding carboxylic acids is 1. The molecule has 0 aliphatic rings. The van der Waals surface area contributed by atoms with Gasteiger partial charge in [0.25, 0.3) is 10.0 Å². The minimum atomic E-state index is -3.63. The summed E-state index contributed by atoms with van der Waals surface area (Å²) in [6.07, 6.45) is 1.78. The quantitative estimate of drug-likeness (QED) is 0.787. The second-order valence-electron chi connectivity index (χ2n) is 4.66. The van der Waals surface area contributed by atoms with Crippen molar-refractivity contribution in [2.45, 2.75) is 17.6 Å². The molecular formula is C14H17N3O4S2. The molecule has 1 heterocycles. The summed E-state index contributed by atoms with van der Waals surface area (Å²) in [6.45, 7) is 1.60. The Morgan fingerprint density at radius 3 is 2.61 bits per heavy atom. The third-order valence-electron chi connectivity index (χ3n) is 2.90. The molecule has 0 fully saturated rings. The first-order chi connectivity index (χ1) is 10.9. The van der Waals surface area contributed by atoms with Crippen molar-refractivity contribution in [3.63, 3.8) is 0 Å². The van der Waals surface area contributed by atoms with Gasteiger partial charge in [0.1, 0.15) is 5.75 Å². The first kappa shape index (κ1) is 17.4. The first-order valence-corrected chi connectivity index (χ1v) is 9.06. The van der Waals surface area contributed by atoms with Gasteiger partial charge in [0.2, 0.25) is 5.91 Å². The minimum absolute atomic E-state index is 0.0657. The van der Waals surface area contributed by atoms with E-state index in [2.05, 4.69) is 15.0 Å². The van der Waals surface area contributed by atoms with E-state index >= 15 is 0 Å². The topological polar surface area (TPSA) is 97.4 Å². The van der Waals surface area contributed by atoms with Crippen molar-refractivity contribution in [3.05, 3.63) is 36.0 Å². The van der Waals surface area contributed by atoms with Gasteiger partial charge in [-0.25, -0.2) is 18.1 Å². The van der Waals surface area contributed by atoms with Crippen molar-refractivity contribution in [2.75, 3.05) is 19.0 Å². The lowest BCUT2D eigenvalue weighted by atomic mass is 10.1. The molecule has 0 spiro atoms. The molecule has 23 heavy (non-hydrogen) atoms. The number of benzene rings is 1. The maximum Gasteiger partial charge on any atom is 0.251 e. The fourth-order valence-electron chi connectivity index (χ4n) is 1.79. The molecular weight excluding hydrogens is 338 g/mol. The number of methoxy groups -OCH3 is 1. The lowest BCUT2D eigenvalue weighted by Crippen LogP contribution is -2.25.